The van der Waals surface area contributed by atoms with Gasteiger partial charge in [-0.1, -0.05) is 6.07 Å². The Morgan fingerprint density at radius 2 is 1.77 bits per heavy atom. The first-order valence-electron chi connectivity index (χ1n) is 11.9. The summed E-state index contributed by atoms with van der Waals surface area (Å²) < 4.78 is 52.7. The van der Waals surface area contributed by atoms with Crippen molar-refractivity contribution in [2.75, 3.05) is 24.5 Å². The number of alkyl halides is 3. The minimum atomic E-state index is -5.35. The Hall–Kier alpha value is -4.14. The highest BCUT2D eigenvalue weighted by atomic mass is 32.1. The van der Waals surface area contributed by atoms with E-state index < -0.39 is 29.4 Å². The topological polar surface area (TPSA) is 115 Å². The fraction of sp³-hybridized carbons (Fsp3) is 0.360. The van der Waals surface area contributed by atoms with Crippen LogP contribution >= 0.6 is 11.3 Å². The monoisotopic (exact) mass is 581 g/mol. The van der Waals surface area contributed by atoms with Crippen LogP contribution in [0.5, 0.6) is 0 Å². The van der Waals surface area contributed by atoms with Crippen molar-refractivity contribution in [3.63, 3.8) is 0 Å². The second-order valence-corrected chi connectivity index (χ2v) is 10.3. The summed E-state index contributed by atoms with van der Waals surface area (Å²) in [4.78, 5) is 60.8. The van der Waals surface area contributed by atoms with E-state index in [0.29, 0.717) is 21.8 Å². The smallest absolute Gasteiger partial charge is 0.327 e. The summed E-state index contributed by atoms with van der Waals surface area (Å²) in [5, 5.41) is 5.24. The lowest BCUT2D eigenvalue weighted by atomic mass is 10.0. The molecule has 1 saturated heterocycles. The Kier molecular flexibility index (Phi) is 7.78. The molecule has 1 aliphatic heterocycles. The summed E-state index contributed by atoms with van der Waals surface area (Å²) in [6.45, 7) is 6.52. The highest BCUT2D eigenvalue weighted by molar-refractivity contribution is 7.16. The van der Waals surface area contributed by atoms with Crippen LogP contribution in [0.2, 0.25) is 0 Å². The number of rotatable bonds is 5. The van der Waals surface area contributed by atoms with Crippen molar-refractivity contribution in [2.45, 2.75) is 40.3 Å². The minimum absolute atomic E-state index is 0.0128. The molecule has 2 aromatic heterocycles. The number of piperazine rings is 1. The molecule has 2 amide bonds. The van der Waals surface area contributed by atoms with Crippen molar-refractivity contribution < 1.29 is 36.8 Å². The van der Waals surface area contributed by atoms with Gasteiger partial charge in [0.15, 0.2) is 0 Å². The van der Waals surface area contributed by atoms with Gasteiger partial charge in [0, 0.05) is 25.1 Å². The van der Waals surface area contributed by atoms with Gasteiger partial charge in [0.05, 0.1) is 22.0 Å². The first kappa shape index (κ1) is 28.9. The van der Waals surface area contributed by atoms with Gasteiger partial charge in [-0.3, -0.25) is 19.3 Å². The second kappa shape index (κ2) is 10.8. The Morgan fingerprint density at radius 1 is 1.07 bits per heavy atom. The lowest BCUT2D eigenvalue weighted by Gasteiger charge is -2.33. The Bertz CT molecular complexity index is 1580. The first-order chi connectivity index (χ1) is 18.7. The molecule has 212 valence electrons. The molecular weight excluding hydrogens is 558 g/mol. The van der Waals surface area contributed by atoms with E-state index in [0.717, 1.165) is 11.1 Å². The van der Waals surface area contributed by atoms with Crippen molar-refractivity contribution in [2.24, 2.45) is 0 Å². The number of hydrogen-bond donors (Lipinski definition) is 0. The zero-order valence-corrected chi connectivity index (χ0v) is 22.6. The highest BCUT2D eigenvalue weighted by Crippen LogP contribution is 2.29. The number of halogens is 4. The van der Waals surface area contributed by atoms with E-state index in [1.54, 1.807) is 11.8 Å². The molecular formula is C25H23F4N5O5S. The molecule has 0 saturated carbocycles. The van der Waals surface area contributed by atoms with Crippen LogP contribution in [0.25, 0.3) is 0 Å². The van der Waals surface area contributed by atoms with Crippen LogP contribution in [-0.4, -0.2) is 63.4 Å². The molecule has 1 aromatic carbocycles. The van der Waals surface area contributed by atoms with Crippen molar-refractivity contribution in [1.82, 2.24) is 19.8 Å². The Morgan fingerprint density at radius 3 is 2.38 bits per heavy atom. The van der Waals surface area contributed by atoms with Crippen LogP contribution in [0.15, 0.2) is 23.0 Å². The minimum Gasteiger partial charge on any atom is -0.327 e. The van der Waals surface area contributed by atoms with Gasteiger partial charge in [-0.15, -0.1) is 16.4 Å². The Labute approximate surface area is 228 Å². The summed E-state index contributed by atoms with van der Waals surface area (Å²) >= 11 is 1.36. The normalized spacial score (nSPS) is 14.1. The quantitative estimate of drug-likeness (QED) is 0.426. The van der Waals surface area contributed by atoms with Gasteiger partial charge in [0.1, 0.15) is 17.4 Å². The zero-order chi connectivity index (χ0) is 29.5. The molecule has 0 aliphatic carbocycles. The van der Waals surface area contributed by atoms with Gasteiger partial charge in [-0.25, -0.2) is 14.2 Å². The lowest BCUT2D eigenvalue weighted by Crippen LogP contribution is -2.52. The predicted molar refractivity (Wildman–Crippen MR) is 135 cm³/mol. The van der Waals surface area contributed by atoms with Crippen LogP contribution in [-0.2, 0) is 16.0 Å². The fourth-order valence-electron chi connectivity index (χ4n) is 4.15. The maximum Gasteiger partial charge on any atom is 0.493 e. The highest BCUT2D eigenvalue weighted by Gasteiger charge is 2.42. The number of nitrogens with zero attached hydrogens (tertiary/aromatic N) is 5. The van der Waals surface area contributed by atoms with Gasteiger partial charge >= 0.3 is 17.7 Å². The average Bonchev–Trinajstić information content (AvgIpc) is 3.22. The summed E-state index contributed by atoms with van der Waals surface area (Å²) in [5.41, 5.74) is 0.0472. The molecule has 1 aliphatic rings. The number of hydrogen-bond acceptors (Lipinski definition) is 8. The van der Waals surface area contributed by atoms with E-state index in [1.165, 1.54) is 42.2 Å². The number of amides is 2. The van der Waals surface area contributed by atoms with Crippen LogP contribution in [0, 0.1) is 33.5 Å². The number of benzene rings is 1. The van der Waals surface area contributed by atoms with Crippen molar-refractivity contribution in [1.29, 1.82) is 0 Å². The SMILES string of the molecule is Cc1nc(C)c(N2CCN(C(=O)c3cc(Cc4nn(OC(=O)C(F)(F)F)c(=O)c(C)c4C)ccc3F)CC2=O)s1. The first-order valence-corrected chi connectivity index (χ1v) is 12.7. The molecule has 0 unspecified atom stereocenters. The number of thiazole rings is 1. The average molecular weight is 582 g/mol. The third-order valence-corrected chi connectivity index (χ3v) is 7.46. The molecule has 0 radical (unpaired) electrons. The van der Waals surface area contributed by atoms with E-state index in [4.69, 9.17) is 0 Å². The van der Waals surface area contributed by atoms with Gasteiger partial charge in [0.25, 0.3) is 5.91 Å². The van der Waals surface area contributed by atoms with E-state index in [2.05, 4.69) is 14.9 Å². The zero-order valence-electron chi connectivity index (χ0n) is 21.8. The largest absolute Gasteiger partial charge is 0.493 e. The predicted octanol–water partition coefficient (Wildman–Crippen LogP) is 2.67. The third-order valence-electron chi connectivity index (χ3n) is 6.37. The molecule has 0 spiro atoms. The molecule has 0 atom stereocenters. The van der Waals surface area contributed by atoms with E-state index >= 15 is 0 Å². The van der Waals surface area contributed by atoms with Crippen molar-refractivity contribution >= 4 is 34.1 Å². The van der Waals surface area contributed by atoms with Crippen LogP contribution in [0.4, 0.5) is 22.6 Å². The summed E-state index contributed by atoms with van der Waals surface area (Å²) in [6, 6.07) is 3.64. The Balaban J connectivity index is 1.56. The molecule has 10 nitrogen and oxygen atoms in total. The van der Waals surface area contributed by atoms with Gasteiger partial charge in [0.2, 0.25) is 5.91 Å². The number of carbonyl (C=O) groups excluding carboxylic acids is 3. The molecule has 4 rings (SSSR count). The number of carbonyl (C=O) groups is 3. The van der Waals surface area contributed by atoms with E-state index in [9.17, 15) is 36.7 Å². The van der Waals surface area contributed by atoms with Crippen LogP contribution < -0.4 is 15.3 Å². The molecule has 1 fully saturated rings. The number of aromatic nitrogens is 3. The van der Waals surface area contributed by atoms with E-state index in [-0.39, 0.29) is 53.6 Å². The third kappa shape index (κ3) is 5.73. The summed E-state index contributed by atoms with van der Waals surface area (Å²) in [7, 11) is 0. The van der Waals surface area contributed by atoms with Gasteiger partial charge in [-0.2, -0.15) is 13.2 Å². The summed E-state index contributed by atoms with van der Waals surface area (Å²) in [5.74, 6) is -4.51. The molecule has 3 aromatic rings. The second-order valence-electron chi connectivity index (χ2n) is 9.14. The molecule has 40 heavy (non-hydrogen) atoms. The summed E-state index contributed by atoms with van der Waals surface area (Å²) in [6.07, 6.45) is -5.48. The lowest BCUT2D eigenvalue weighted by molar-refractivity contribution is -0.202. The molecule has 15 heteroatoms. The molecule has 0 bridgehead atoms. The fourth-order valence-corrected chi connectivity index (χ4v) is 5.11. The number of anilines is 1. The molecule has 0 N–H and O–H groups in total. The maximum atomic E-state index is 14.7. The standard InChI is InChI=1S/C25H23F4N5O5S/c1-12-13(2)21(36)34(39-24(38)25(27,28)29)31-19(12)10-16-5-6-18(26)17(9-16)22(37)32-7-8-33(20(35)11-32)23-14(3)30-15(4)40-23/h5-6,9H,7-8,10-11H2,1-4H3. The van der Waals surface area contributed by atoms with Crippen LogP contribution in [0.1, 0.15) is 43.4 Å². The van der Waals surface area contributed by atoms with E-state index in [1.807, 2.05) is 6.92 Å². The maximum absolute atomic E-state index is 14.7. The molecule has 3 heterocycles. The van der Waals surface area contributed by atoms with Gasteiger partial charge < -0.3 is 9.74 Å². The van der Waals surface area contributed by atoms with Gasteiger partial charge in [-0.05, 0) is 55.8 Å². The van der Waals surface area contributed by atoms with Crippen molar-refractivity contribution in [3.05, 3.63) is 73.0 Å². The number of aryl methyl sites for hydroxylation is 2. The van der Waals surface area contributed by atoms with Crippen molar-refractivity contribution in [3.8, 4) is 0 Å². The van der Waals surface area contributed by atoms with Crippen LogP contribution in [0.3, 0.4) is 0 Å².